The Morgan fingerprint density at radius 1 is 1.06 bits per heavy atom. The maximum Gasteiger partial charge on any atom is 0.350 e. The maximum absolute atomic E-state index is 12.8. The quantitative estimate of drug-likeness (QED) is 0.237. The molecule has 0 fully saturated rings. The lowest BCUT2D eigenvalue weighted by Crippen LogP contribution is -2.48. The number of rotatable bonds is 8. The number of carboxylic acids is 1. The Bertz CT molecular complexity index is 966. The van der Waals surface area contributed by atoms with Crippen LogP contribution in [0.4, 0.5) is 10.5 Å². The fraction of sp³-hybridized carbons (Fsp3) is 0.375. The molecule has 0 bridgehead atoms. The summed E-state index contributed by atoms with van der Waals surface area (Å²) in [6.45, 7) is 8.39. The number of aliphatic imine (C=N–C) groups is 1. The smallest absolute Gasteiger partial charge is 0.350 e. The molecule has 0 aliphatic rings. The van der Waals surface area contributed by atoms with Gasteiger partial charge in [0.15, 0.2) is 0 Å². The van der Waals surface area contributed by atoms with Crippen LogP contribution in [-0.4, -0.2) is 51.4 Å². The number of nitrogens with zero attached hydrogens (tertiary/aromatic N) is 3. The zero-order valence-corrected chi connectivity index (χ0v) is 19.5. The second-order valence-corrected chi connectivity index (χ2v) is 8.93. The highest BCUT2D eigenvalue weighted by atomic mass is 16.5. The Hall–Kier alpha value is -3.59. The van der Waals surface area contributed by atoms with Crippen LogP contribution in [0.5, 0.6) is 5.75 Å². The lowest BCUT2D eigenvalue weighted by molar-refractivity contribution is -0.139. The lowest BCUT2D eigenvalue weighted by Gasteiger charge is -2.26. The van der Waals surface area contributed by atoms with Gasteiger partial charge in [0.2, 0.25) is 5.96 Å². The van der Waals surface area contributed by atoms with Crippen LogP contribution in [0.3, 0.4) is 0 Å². The molecule has 33 heavy (non-hydrogen) atoms. The van der Waals surface area contributed by atoms with Crippen molar-refractivity contribution in [1.29, 1.82) is 0 Å². The van der Waals surface area contributed by atoms with Crippen molar-refractivity contribution < 1.29 is 24.6 Å². The molecule has 0 spiro atoms. The molecule has 9 nitrogen and oxygen atoms in total. The van der Waals surface area contributed by atoms with E-state index in [1.165, 1.54) is 0 Å². The normalized spacial score (nSPS) is 11.7. The summed E-state index contributed by atoms with van der Waals surface area (Å²) in [5, 5.41) is 19.2. The summed E-state index contributed by atoms with van der Waals surface area (Å²) in [5.74, 6) is -0.592. The molecule has 2 aromatic carbocycles. The lowest BCUT2D eigenvalue weighted by atomic mass is 9.99. The number of carbonyl (C=O) groups is 2. The molecule has 4 N–H and O–H groups in total. The molecule has 0 aliphatic heterocycles. The van der Waals surface area contributed by atoms with E-state index in [0.29, 0.717) is 23.1 Å². The highest BCUT2D eigenvalue weighted by Gasteiger charge is 2.24. The van der Waals surface area contributed by atoms with E-state index in [4.69, 9.17) is 15.6 Å². The Morgan fingerprint density at radius 2 is 1.67 bits per heavy atom. The van der Waals surface area contributed by atoms with Gasteiger partial charge in [0.25, 0.3) is 0 Å². The van der Waals surface area contributed by atoms with E-state index in [1.807, 2.05) is 31.2 Å². The van der Waals surface area contributed by atoms with Crippen molar-refractivity contribution in [2.24, 2.45) is 16.1 Å². The number of urea groups is 1. The molecule has 0 radical (unpaired) electrons. The molecule has 0 saturated heterocycles. The first kappa shape index (κ1) is 25.7. The van der Waals surface area contributed by atoms with Gasteiger partial charge in [-0.25, -0.2) is 14.9 Å². The molecule has 0 heterocycles. The van der Waals surface area contributed by atoms with Crippen LogP contribution < -0.4 is 10.5 Å². The molecule has 2 rings (SSSR count). The second kappa shape index (κ2) is 11.3. The van der Waals surface area contributed by atoms with E-state index in [-0.39, 0.29) is 24.5 Å². The maximum atomic E-state index is 12.8. The molecule has 0 atom stereocenters. The van der Waals surface area contributed by atoms with Crippen molar-refractivity contribution in [3.63, 3.8) is 0 Å². The highest BCUT2D eigenvalue weighted by molar-refractivity contribution is 5.96. The topological polar surface area (TPSA) is 129 Å². The first-order valence-electron chi connectivity index (χ1n) is 10.6. The fourth-order valence-electron chi connectivity index (χ4n) is 2.67. The minimum atomic E-state index is -1.14. The van der Waals surface area contributed by atoms with Crippen molar-refractivity contribution >= 4 is 23.6 Å². The zero-order valence-electron chi connectivity index (χ0n) is 19.5. The molecule has 178 valence electrons. The number of amides is 2. The van der Waals surface area contributed by atoms with Crippen molar-refractivity contribution in [2.75, 3.05) is 13.2 Å². The minimum absolute atomic E-state index is 0.0227. The van der Waals surface area contributed by atoms with E-state index in [1.54, 1.807) is 24.3 Å². The summed E-state index contributed by atoms with van der Waals surface area (Å²) in [6, 6.07) is 13.5. The van der Waals surface area contributed by atoms with Gasteiger partial charge in [-0.3, -0.25) is 14.9 Å². The molecule has 0 saturated carbocycles. The van der Waals surface area contributed by atoms with Crippen molar-refractivity contribution in [3.8, 4) is 5.75 Å². The molecule has 0 aliphatic carbocycles. The van der Waals surface area contributed by atoms with Gasteiger partial charge in [-0.05, 0) is 42.2 Å². The summed E-state index contributed by atoms with van der Waals surface area (Å²) in [4.78, 5) is 29.0. The number of ether oxygens (including phenoxy) is 1. The summed E-state index contributed by atoms with van der Waals surface area (Å²) in [7, 11) is 0. The summed E-state index contributed by atoms with van der Waals surface area (Å²) >= 11 is 0. The second-order valence-electron chi connectivity index (χ2n) is 8.93. The van der Waals surface area contributed by atoms with Gasteiger partial charge in [0.1, 0.15) is 5.75 Å². The minimum Gasteiger partial charge on any atom is -0.493 e. The standard InChI is InChI=1S/C24H32N4O5/c1-17-5-7-18(8-6-17)15-27(23(31)28(32)14-13-21(29)30)22(25)26-19-9-11-20(12-10-19)33-16-24(2,3)4/h5-12,32H,13-16H2,1-4H3,(H2,25,26)(H,29,30). The molecular formula is C24H32N4O5. The van der Waals surface area contributed by atoms with E-state index < -0.39 is 18.4 Å². The third-order valence-corrected chi connectivity index (χ3v) is 4.48. The SMILES string of the molecule is Cc1ccc(CN(C(=O)N(O)CCC(=O)O)/C(N)=N/c2ccc(OCC(C)(C)C)cc2)cc1. The molecule has 9 heteroatoms. The number of aliphatic carboxylic acids is 1. The van der Waals surface area contributed by atoms with Crippen LogP contribution in [-0.2, 0) is 11.3 Å². The number of hydrogen-bond acceptors (Lipinski definition) is 5. The number of aryl methyl sites for hydroxylation is 1. The van der Waals surface area contributed by atoms with Crippen LogP contribution in [0.1, 0.15) is 38.3 Å². The van der Waals surface area contributed by atoms with Crippen molar-refractivity contribution in [2.45, 2.75) is 40.7 Å². The van der Waals surface area contributed by atoms with Gasteiger partial charge in [-0.2, -0.15) is 0 Å². The fourth-order valence-corrected chi connectivity index (χ4v) is 2.67. The molecular weight excluding hydrogens is 424 g/mol. The molecule has 2 amide bonds. The Balaban J connectivity index is 2.22. The van der Waals surface area contributed by atoms with Crippen LogP contribution in [0.25, 0.3) is 0 Å². The largest absolute Gasteiger partial charge is 0.493 e. The van der Waals surface area contributed by atoms with Crippen molar-refractivity contribution in [1.82, 2.24) is 9.96 Å². The number of carboxylic acid groups (broad SMARTS) is 1. The van der Waals surface area contributed by atoms with E-state index in [0.717, 1.165) is 16.0 Å². The number of hydrogen-bond donors (Lipinski definition) is 3. The number of nitrogens with two attached hydrogens (primary N) is 1. The Kier molecular flexibility index (Phi) is 8.81. The average molecular weight is 457 g/mol. The zero-order chi connectivity index (χ0) is 24.6. The van der Waals surface area contributed by atoms with Gasteiger partial charge < -0.3 is 15.6 Å². The van der Waals surface area contributed by atoms with E-state index in [2.05, 4.69) is 25.8 Å². The van der Waals surface area contributed by atoms with Gasteiger partial charge in [0.05, 0.1) is 31.8 Å². The monoisotopic (exact) mass is 456 g/mol. The summed E-state index contributed by atoms with van der Waals surface area (Å²) in [5.41, 5.74) is 8.48. The molecule has 2 aromatic rings. The van der Waals surface area contributed by atoms with Crippen molar-refractivity contribution in [3.05, 3.63) is 59.7 Å². The number of carbonyl (C=O) groups excluding carboxylic acids is 1. The van der Waals surface area contributed by atoms with Gasteiger partial charge in [-0.15, -0.1) is 0 Å². The van der Waals surface area contributed by atoms with Gasteiger partial charge in [-0.1, -0.05) is 50.6 Å². The molecule has 0 aromatic heterocycles. The number of hydroxylamine groups is 2. The predicted octanol–water partition coefficient (Wildman–Crippen LogP) is 4.15. The predicted molar refractivity (Wildman–Crippen MR) is 126 cm³/mol. The Morgan fingerprint density at radius 3 is 2.21 bits per heavy atom. The van der Waals surface area contributed by atoms with Crippen LogP contribution >= 0.6 is 0 Å². The van der Waals surface area contributed by atoms with Gasteiger partial charge in [0, 0.05) is 0 Å². The van der Waals surface area contributed by atoms with E-state index >= 15 is 0 Å². The Labute approximate surface area is 194 Å². The third-order valence-electron chi connectivity index (χ3n) is 4.48. The van der Waals surface area contributed by atoms with Crippen LogP contribution in [0.15, 0.2) is 53.5 Å². The number of guanidine groups is 1. The molecule has 0 unspecified atom stereocenters. The highest BCUT2D eigenvalue weighted by Crippen LogP contribution is 2.21. The first-order valence-corrected chi connectivity index (χ1v) is 10.6. The summed E-state index contributed by atoms with van der Waals surface area (Å²) < 4.78 is 5.75. The summed E-state index contributed by atoms with van der Waals surface area (Å²) in [6.07, 6.45) is -0.409. The van der Waals surface area contributed by atoms with Crippen LogP contribution in [0, 0.1) is 12.3 Å². The van der Waals surface area contributed by atoms with E-state index in [9.17, 15) is 14.8 Å². The van der Waals surface area contributed by atoms with Gasteiger partial charge >= 0.3 is 12.0 Å². The number of benzene rings is 2. The average Bonchev–Trinajstić information content (AvgIpc) is 2.75. The third kappa shape index (κ3) is 8.82. The first-order chi connectivity index (χ1) is 15.4. The van der Waals surface area contributed by atoms with Crippen LogP contribution in [0.2, 0.25) is 0 Å².